The lowest BCUT2D eigenvalue weighted by Crippen LogP contribution is -2.39. The molecule has 0 unspecified atom stereocenters. The Morgan fingerprint density at radius 2 is 1.80 bits per heavy atom. The minimum absolute atomic E-state index is 0. The Morgan fingerprint density at radius 3 is 2.50 bits per heavy atom. The second kappa shape index (κ2) is 16.3. The molecule has 40 heavy (non-hydrogen) atoms. The molecule has 0 bridgehead atoms. The van der Waals surface area contributed by atoms with Gasteiger partial charge in [0.2, 0.25) is 10.0 Å². The molecule has 0 saturated carbocycles. The van der Waals surface area contributed by atoms with Crippen LogP contribution in [-0.2, 0) is 29.3 Å². The first-order valence-electron chi connectivity index (χ1n) is 12.8. The minimum atomic E-state index is -4.16. The summed E-state index contributed by atoms with van der Waals surface area (Å²) in [6, 6.07) is 12.6. The van der Waals surface area contributed by atoms with E-state index in [1.165, 1.54) is 22.8 Å². The summed E-state index contributed by atoms with van der Waals surface area (Å²) in [5.41, 5.74) is 9.92. The van der Waals surface area contributed by atoms with Crippen LogP contribution < -0.4 is 16.2 Å². The maximum absolute atomic E-state index is 14.6. The number of halogens is 4. The fourth-order valence-corrected chi connectivity index (χ4v) is 6.00. The standard InChI is InChI=1S/C28H35FN4O3S.3ClH/c29-28-21(15-22(30)17-27(28)37(31,35)36)7-3-1-2-4-13-33-26-11-8-20-16-23(34)9-10-24(20)25(26)14-19-6-5-12-32-18-19;;;/h5-6,9-10,12,15-18,25-26,33-34H,1-4,7-8,11,13-14,30H2,(H2,31,35,36);3*1H/t25-,26+;;;/m1.../s1. The minimum Gasteiger partial charge on any atom is -0.508 e. The van der Waals surface area contributed by atoms with Gasteiger partial charge in [-0.1, -0.05) is 25.0 Å². The van der Waals surface area contributed by atoms with Gasteiger partial charge in [0, 0.05) is 30.0 Å². The molecular formula is C28H38Cl3FN4O3S. The SMILES string of the molecule is Cl.Cl.Cl.Nc1cc(CCCCCCN[C@H]2CCc3cc(O)ccc3[C@H]2Cc2cccnc2)c(F)c(S(N)(=O)=O)c1. The Labute approximate surface area is 254 Å². The van der Waals surface area contributed by atoms with E-state index in [4.69, 9.17) is 10.9 Å². The van der Waals surface area contributed by atoms with Crippen molar-refractivity contribution in [2.75, 3.05) is 12.3 Å². The number of nitrogens with zero attached hydrogens (tertiary/aromatic N) is 1. The van der Waals surface area contributed by atoms with E-state index in [9.17, 15) is 17.9 Å². The van der Waals surface area contributed by atoms with E-state index in [0.717, 1.165) is 57.6 Å². The maximum atomic E-state index is 14.6. The molecule has 1 aromatic heterocycles. The quantitative estimate of drug-likeness (QED) is 0.164. The van der Waals surface area contributed by atoms with E-state index in [0.29, 0.717) is 24.1 Å². The van der Waals surface area contributed by atoms with E-state index >= 15 is 0 Å². The molecule has 0 radical (unpaired) electrons. The first-order valence-corrected chi connectivity index (χ1v) is 14.3. The van der Waals surface area contributed by atoms with Crippen LogP contribution in [0.15, 0.2) is 59.8 Å². The zero-order chi connectivity index (χ0) is 26.4. The number of rotatable bonds is 11. The van der Waals surface area contributed by atoms with Gasteiger partial charge in [-0.15, -0.1) is 37.2 Å². The average molecular weight is 636 g/mol. The number of unbranched alkanes of at least 4 members (excludes halogenated alkanes) is 3. The highest BCUT2D eigenvalue weighted by Crippen LogP contribution is 2.36. The second-order valence-corrected chi connectivity index (χ2v) is 11.4. The molecule has 0 aliphatic heterocycles. The summed E-state index contributed by atoms with van der Waals surface area (Å²) in [5.74, 6) is -0.193. The average Bonchev–Trinajstić information content (AvgIpc) is 2.86. The summed E-state index contributed by atoms with van der Waals surface area (Å²) in [6.45, 7) is 0.879. The molecule has 7 nitrogen and oxygen atoms in total. The molecule has 0 amide bonds. The van der Waals surface area contributed by atoms with Crippen molar-refractivity contribution in [3.8, 4) is 5.75 Å². The zero-order valence-corrected chi connectivity index (χ0v) is 25.4. The molecule has 2 aromatic carbocycles. The van der Waals surface area contributed by atoms with Crippen LogP contribution in [0.4, 0.5) is 10.1 Å². The van der Waals surface area contributed by atoms with E-state index in [1.54, 1.807) is 12.3 Å². The maximum Gasteiger partial charge on any atom is 0.241 e. The third-order valence-electron chi connectivity index (χ3n) is 7.14. The summed E-state index contributed by atoms with van der Waals surface area (Å²) >= 11 is 0. The van der Waals surface area contributed by atoms with Gasteiger partial charge < -0.3 is 16.2 Å². The van der Waals surface area contributed by atoms with Gasteiger partial charge in [0.05, 0.1) is 0 Å². The molecule has 0 saturated heterocycles. The fourth-order valence-electron chi connectivity index (χ4n) is 5.32. The summed E-state index contributed by atoms with van der Waals surface area (Å²) in [5, 5.41) is 18.8. The van der Waals surface area contributed by atoms with Crippen molar-refractivity contribution in [2.45, 2.75) is 68.2 Å². The Morgan fingerprint density at radius 1 is 1.05 bits per heavy atom. The molecule has 1 heterocycles. The number of aryl methyl sites for hydroxylation is 2. The van der Waals surface area contributed by atoms with Gasteiger partial charge in [-0.3, -0.25) is 4.98 Å². The predicted octanol–water partition coefficient (Wildman–Crippen LogP) is 5.46. The van der Waals surface area contributed by atoms with Crippen LogP contribution in [0.1, 0.15) is 60.3 Å². The first kappa shape index (κ1) is 35.9. The Balaban J connectivity index is 0.00000267. The molecular weight excluding hydrogens is 598 g/mol. The lowest BCUT2D eigenvalue weighted by atomic mass is 9.76. The zero-order valence-electron chi connectivity index (χ0n) is 22.1. The lowest BCUT2D eigenvalue weighted by molar-refractivity contribution is 0.378. The number of sulfonamides is 1. The van der Waals surface area contributed by atoms with Crippen molar-refractivity contribution in [3.63, 3.8) is 0 Å². The van der Waals surface area contributed by atoms with E-state index in [1.807, 2.05) is 18.3 Å². The smallest absolute Gasteiger partial charge is 0.241 e. The van der Waals surface area contributed by atoms with Gasteiger partial charge in [0.25, 0.3) is 0 Å². The molecule has 2 atom stereocenters. The number of nitrogen functional groups attached to an aromatic ring is 1. The number of aromatic hydroxyl groups is 1. The van der Waals surface area contributed by atoms with E-state index < -0.39 is 20.7 Å². The molecule has 1 aliphatic carbocycles. The van der Waals surface area contributed by atoms with Gasteiger partial charge >= 0.3 is 0 Å². The third-order valence-corrected chi connectivity index (χ3v) is 8.05. The van der Waals surface area contributed by atoms with Crippen LogP contribution in [0.3, 0.4) is 0 Å². The number of phenols is 1. The third kappa shape index (κ3) is 9.46. The first-order chi connectivity index (χ1) is 17.7. The number of nitrogens with one attached hydrogen (secondary N) is 1. The summed E-state index contributed by atoms with van der Waals surface area (Å²) < 4.78 is 37.8. The van der Waals surface area contributed by atoms with Crippen molar-refractivity contribution in [1.82, 2.24) is 10.3 Å². The number of pyridine rings is 1. The highest BCUT2D eigenvalue weighted by molar-refractivity contribution is 7.89. The van der Waals surface area contributed by atoms with Gasteiger partial charge in [-0.2, -0.15) is 0 Å². The van der Waals surface area contributed by atoms with Crippen LogP contribution in [-0.4, -0.2) is 31.1 Å². The highest BCUT2D eigenvalue weighted by atomic mass is 35.5. The number of fused-ring (bicyclic) bond motifs is 1. The van der Waals surface area contributed by atoms with Crippen LogP contribution >= 0.6 is 37.2 Å². The molecule has 0 fully saturated rings. The topological polar surface area (TPSA) is 131 Å². The number of hydrogen-bond donors (Lipinski definition) is 4. The number of hydrogen-bond acceptors (Lipinski definition) is 6. The van der Waals surface area contributed by atoms with Gasteiger partial charge in [0.1, 0.15) is 16.5 Å². The second-order valence-electron chi connectivity index (χ2n) is 9.86. The Bertz CT molecular complexity index is 1330. The molecule has 222 valence electrons. The summed E-state index contributed by atoms with van der Waals surface area (Å²) in [7, 11) is -4.16. The van der Waals surface area contributed by atoms with E-state index in [2.05, 4.69) is 22.4 Å². The lowest BCUT2D eigenvalue weighted by Gasteiger charge is -2.35. The number of phenolic OH excluding ortho intramolecular Hbond substituents is 1. The van der Waals surface area contributed by atoms with Gasteiger partial charge in [0.15, 0.2) is 0 Å². The van der Waals surface area contributed by atoms with Crippen molar-refractivity contribution >= 4 is 52.9 Å². The number of anilines is 1. The Hall–Kier alpha value is -2.14. The largest absolute Gasteiger partial charge is 0.508 e. The number of primary sulfonamides is 1. The molecule has 1 aliphatic rings. The Kier molecular flexibility index (Phi) is 14.7. The molecule has 3 aromatic rings. The number of aromatic nitrogens is 1. The van der Waals surface area contributed by atoms with Crippen molar-refractivity contribution in [2.24, 2.45) is 5.14 Å². The van der Waals surface area contributed by atoms with Crippen LogP contribution in [0, 0.1) is 5.82 Å². The van der Waals surface area contributed by atoms with Crippen molar-refractivity contribution in [1.29, 1.82) is 0 Å². The van der Waals surface area contributed by atoms with Crippen molar-refractivity contribution < 1.29 is 17.9 Å². The van der Waals surface area contributed by atoms with Crippen molar-refractivity contribution in [3.05, 3.63) is 82.9 Å². The highest BCUT2D eigenvalue weighted by Gasteiger charge is 2.29. The molecule has 4 rings (SSSR count). The molecule has 12 heteroatoms. The van der Waals surface area contributed by atoms with Crippen LogP contribution in [0.5, 0.6) is 5.75 Å². The number of benzene rings is 2. The fraction of sp³-hybridized carbons (Fsp3) is 0.393. The molecule has 0 spiro atoms. The van der Waals surface area contributed by atoms with E-state index in [-0.39, 0.29) is 48.5 Å². The van der Waals surface area contributed by atoms with Crippen LogP contribution in [0.2, 0.25) is 0 Å². The van der Waals surface area contributed by atoms with Crippen LogP contribution in [0.25, 0.3) is 0 Å². The van der Waals surface area contributed by atoms with Gasteiger partial charge in [-0.25, -0.2) is 17.9 Å². The summed E-state index contributed by atoms with van der Waals surface area (Å²) in [6.07, 6.45) is 10.5. The van der Waals surface area contributed by atoms with Gasteiger partial charge in [-0.05, 0) is 97.7 Å². The summed E-state index contributed by atoms with van der Waals surface area (Å²) in [4.78, 5) is 3.73. The monoisotopic (exact) mass is 634 g/mol. The number of nitrogens with two attached hydrogens (primary N) is 2. The predicted molar refractivity (Wildman–Crippen MR) is 165 cm³/mol. The molecule has 6 N–H and O–H groups in total. The normalized spacial score (nSPS) is 16.1.